The molecule has 2 aliphatic rings. The second-order valence-electron chi connectivity index (χ2n) is 8.99. The number of carbonyl (C=O) groups excluding carboxylic acids is 1. The molecule has 1 heterocycles. The average Bonchev–Trinajstić information content (AvgIpc) is 2.86. The van der Waals surface area contributed by atoms with Crippen LogP contribution in [0.3, 0.4) is 0 Å². The summed E-state index contributed by atoms with van der Waals surface area (Å²) in [5.41, 5.74) is 1.15. The Morgan fingerprint density at radius 1 is 1.00 bits per heavy atom. The average molecular weight is 495 g/mol. The van der Waals surface area contributed by atoms with Crippen LogP contribution in [-0.4, -0.2) is 30.6 Å². The SMILES string of the molecule is O=C(Nc1ccc(C(F)(F)F)cc1F)C1CCCC(c2ccc(N3CCCCC3)cc2)C1.O=CO. The van der Waals surface area contributed by atoms with Crippen molar-refractivity contribution in [2.75, 3.05) is 23.3 Å². The summed E-state index contributed by atoms with van der Waals surface area (Å²) in [6, 6.07) is 10.8. The van der Waals surface area contributed by atoms with Crippen LogP contribution in [-0.2, 0) is 15.8 Å². The molecule has 0 bridgehead atoms. The normalized spacial score (nSPS) is 20.4. The van der Waals surface area contributed by atoms with Crippen LogP contribution in [0.1, 0.15) is 62.0 Å². The van der Waals surface area contributed by atoms with Crippen molar-refractivity contribution in [2.45, 2.75) is 57.0 Å². The monoisotopic (exact) mass is 494 g/mol. The largest absolute Gasteiger partial charge is 0.483 e. The molecular weight excluding hydrogens is 464 g/mol. The maximum absolute atomic E-state index is 14.1. The minimum Gasteiger partial charge on any atom is -0.483 e. The number of hydrogen-bond donors (Lipinski definition) is 2. The molecule has 2 aromatic rings. The van der Waals surface area contributed by atoms with Crippen LogP contribution in [0.2, 0.25) is 0 Å². The van der Waals surface area contributed by atoms with Crippen molar-refractivity contribution in [1.82, 2.24) is 0 Å². The van der Waals surface area contributed by atoms with Gasteiger partial charge >= 0.3 is 6.18 Å². The molecule has 2 aromatic carbocycles. The van der Waals surface area contributed by atoms with E-state index in [1.54, 1.807) is 0 Å². The highest BCUT2D eigenvalue weighted by molar-refractivity contribution is 5.92. The van der Waals surface area contributed by atoms with Gasteiger partial charge in [-0.2, -0.15) is 13.2 Å². The summed E-state index contributed by atoms with van der Waals surface area (Å²) in [6.45, 7) is 1.93. The van der Waals surface area contributed by atoms with Gasteiger partial charge < -0.3 is 15.3 Å². The first-order chi connectivity index (χ1) is 16.7. The maximum Gasteiger partial charge on any atom is 0.416 e. The van der Waals surface area contributed by atoms with Crippen molar-refractivity contribution in [2.24, 2.45) is 5.92 Å². The molecule has 5 nitrogen and oxygen atoms in total. The summed E-state index contributed by atoms with van der Waals surface area (Å²) < 4.78 is 52.3. The van der Waals surface area contributed by atoms with E-state index in [0.717, 1.165) is 38.1 Å². The first-order valence-electron chi connectivity index (χ1n) is 11.8. The Balaban J connectivity index is 0.00000108. The van der Waals surface area contributed by atoms with Gasteiger partial charge in [0, 0.05) is 24.7 Å². The van der Waals surface area contributed by atoms with Crippen molar-refractivity contribution in [3.8, 4) is 0 Å². The predicted molar refractivity (Wildman–Crippen MR) is 126 cm³/mol. The molecule has 0 aromatic heterocycles. The Labute approximate surface area is 202 Å². The summed E-state index contributed by atoms with van der Waals surface area (Å²) in [5, 5.41) is 9.38. The van der Waals surface area contributed by atoms with Crippen molar-refractivity contribution < 1.29 is 32.3 Å². The van der Waals surface area contributed by atoms with E-state index in [1.165, 1.54) is 30.5 Å². The first-order valence-corrected chi connectivity index (χ1v) is 11.8. The van der Waals surface area contributed by atoms with Crippen LogP contribution in [0.5, 0.6) is 0 Å². The van der Waals surface area contributed by atoms with Gasteiger partial charge in [-0.3, -0.25) is 9.59 Å². The smallest absolute Gasteiger partial charge is 0.416 e. The van der Waals surface area contributed by atoms with Gasteiger partial charge in [-0.15, -0.1) is 0 Å². The number of rotatable bonds is 4. The molecule has 1 aliphatic carbocycles. The van der Waals surface area contributed by atoms with E-state index in [1.807, 2.05) is 0 Å². The summed E-state index contributed by atoms with van der Waals surface area (Å²) in [7, 11) is 0. The van der Waals surface area contributed by atoms with Crippen molar-refractivity contribution >= 4 is 23.8 Å². The van der Waals surface area contributed by atoms with Crippen LogP contribution < -0.4 is 10.2 Å². The van der Waals surface area contributed by atoms with E-state index in [2.05, 4.69) is 34.5 Å². The highest BCUT2D eigenvalue weighted by atomic mass is 19.4. The first kappa shape index (κ1) is 26.5. The van der Waals surface area contributed by atoms with Crippen molar-refractivity contribution in [3.05, 3.63) is 59.4 Å². The summed E-state index contributed by atoms with van der Waals surface area (Å²) in [5.74, 6) is -1.46. The number of piperidine rings is 1. The minimum absolute atomic E-state index is 0.212. The van der Waals surface area contributed by atoms with Crippen LogP contribution >= 0.6 is 0 Å². The molecule has 2 N–H and O–H groups in total. The number of hydrogen-bond acceptors (Lipinski definition) is 3. The van der Waals surface area contributed by atoms with Gasteiger partial charge in [0.15, 0.2) is 0 Å². The molecule has 1 aliphatic heterocycles. The molecule has 9 heteroatoms. The quantitative estimate of drug-likeness (QED) is 0.379. The van der Waals surface area contributed by atoms with Gasteiger partial charge in [0.25, 0.3) is 6.47 Å². The zero-order valence-corrected chi connectivity index (χ0v) is 19.4. The fraction of sp³-hybridized carbons (Fsp3) is 0.462. The molecule has 0 radical (unpaired) electrons. The van der Waals surface area contributed by atoms with E-state index in [0.29, 0.717) is 18.9 Å². The highest BCUT2D eigenvalue weighted by Gasteiger charge is 2.32. The number of anilines is 2. The summed E-state index contributed by atoms with van der Waals surface area (Å²) in [4.78, 5) is 23.5. The molecule has 190 valence electrons. The summed E-state index contributed by atoms with van der Waals surface area (Å²) >= 11 is 0. The lowest BCUT2D eigenvalue weighted by atomic mass is 9.77. The number of nitrogens with zero attached hydrogens (tertiary/aromatic N) is 1. The Morgan fingerprint density at radius 3 is 2.26 bits per heavy atom. The van der Waals surface area contributed by atoms with Crippen LogP contribution in [0, 0.1) is 11.7 Å². The lowest BCUT2D eigenvalue weighted by Crippen LogP contribution is -2.29. The van der Waals surface area contributed by atoms with Crippen molar-refractivity contribution in [1.29, 1.82) is 0 Å². The topological polar surface area (TPSA) is 69.6 Å². The standard InChI is InChI=1S/C25H28F4N2O.CH2O2/c26-22-16-20(25(27,28)29)9-12-23(22)30-24(32)19-6-4-5-18(15-19)17-7-10-21(11-8-17)31-13-2-1-3-14-31;2-1-3/h7-12,16,18-19H,1-6,13-15H2,(H,30,32);1H,(H,2,3). The number of halogens is 4. The Hall–Kier alpha value is -3.10. The zero-order chi connectivity index (χ0) is 25.4. The fourth-order valence-corrected chi connectivity index (χ4v) is 4.87. The van der Waals surface area contributed by atoms with Gasteiger partial charge in [-0.1, -0.05) is 18.6 Å². The fourth-order valence-electron chi connectivity index (χ4n) is 4.87. The highest BCUT2D eigenvalue weighted by Crippen LogP contribution is 2.38. The van der Waals surface area contributed by atoms with E-state index in [-0.39, 0.29) is 29.9 Å². The number of carbonyl (C=O) groups is 2. The van der Waals surface area contributed by atoms with Gasteiger partial charge in [0.1, 0.15) is 5.82 Å². The predicted octanol–water partition coefficient (Wildman–Crippen LogP) is 6.45. The van der Waals surface area contributed by atoms with Gasteiger partial charge in [-0.25, -0.2) is 4.39 Å². The Bertz CT molecular complexity index is 989. The number of amides is 1. The zero-order valence-electron chi connectivity index (χ0n) is 19.4. The third-order valence-corrected chi connectivity index (χ3v) is 6.68. The lowest BCUT2D eigenvalue weighted by molar-refractivity contribution is -0.137. The molecule has 35 heavy (non-hydrogen) atoms. The Morgan fingerprint density at radius 2 is 1.66 bits per heavy atom. The third kappa shape index (κ3) is 7.19. The lowest BCUT2D eigenvalue weighted by Gasteiger charge is -2.31. The van der Waals surface area contributed by atoms with Gasteiger partial charge in [-0.05, 0) is 80.3 Å². The second kappa shape index (κ2) is 12.0. The van der Waals surface area contributed by atoms with Crippen LogP contribution in [0.25, 0.3) is 0 Å². The van der Waals surface area contributed by atoms with Crippen LogP contribution in [0.15, 0.2) is 42.5 Å². The third-order valence-electron chi connectivity index (χ3n) is 6.68. The minimum atomic E-state index is -4.62. The van der Waals surface area contributed by atoms with E-state index in [4.69, 9.17) is 9.90 Å². The number of alkyl halides is 3. The van der Waals surface area contributed by atoms with Gasteiger partial charge in [0.2, 0.25) is 5.91 Å². The molecule has 2 atom stereocenters. The molecule has 4 rings (SSSR count). The Kier molecular flexibility index (Phi) is 9.12. The number of carboxylic acid groups (broad SMARTS) is 1. The molecule has 2 fully saturated rings. The maximum atomic E-state index is 14.1. The molecule has 1 saturated carbocycles. The molecule has 0 spiro atoms. The number of nitrogens with one attached hydrogen (secondary N) is 1. The molecule has 1 saturated heterocycles. The molecular formula is C26H30F4N2O3. The van der Waals surface area contributed by atoms with Crippen LogP contribution in [0.4, 0.5) is 28.9 Å². The van der Waals surface area contributed by atoms with Crippen molar-refractivity contribution in [3.63, 3.8) is 0 Å². The molecule has 2 unspecified atom stereocenters. The van der Waals surface area contributed by atoms with E-state index >= 15 is 0 Å². The second-order valence-corrected chi connectivity index (χ2v) is 8.99. The van der Waals surface area contributed by atoms with E-state index < -0.39 is 17.6 Å². The number of benzene rings is 2. The molecule has 1 amide bonds. The summed E-state index contributed by atoms with van der Waals surface area (Å²) in [6.07, 6.45) is 2.32. The van der Waals surface area contributed by atoms with Gasteiger partial charge in [0.05, 0.1) is 11.3 Å². The van der Waals surface area contributed by atoms with E-state index in [9.17, 15) is 22.4 Å².